The van der Waals surface area contributed by atoms with E-state index in [1.807, 2.05) is 11.6 Å². The van der Waals surface area contributed by atoms with Gasteiger partial charge >= 0.3 is 0 Å². The lowest BCUT2D eigenvalue weighted by Gasteiger charge is -2.06. The average Bonchev–Trinajstić information content (AvgIpc) is 2.94. The highest BCUT2D eigenvalue weighted by molar-refractivity contribution is 9.10. The first-order valence-electron chi connectivity index (χ1n) is 5.04. The Morgan fingerprint density at radius 3 is 2.87 bits per heavy atom. The fourth-order valence-corrected chi connectivity index (χ4v) is 2.86. The Labute approximate surface area is 101 Å². The van der Waals surface area contributed by atoms with Crippen molar-refractivity contribution >= 4 is 27.3 Å². The topological polar surface area (TPSA) is 12.9 Å². The molecule has 3 heteroatoms. The summed E-state index contributed by atoms with van der Waals surface area (Å²) in [6, 6.07) is 6.55. The quantitative estimate of drug-likeness (QED) is 0.792. The molecule has 0 spiro atoms. The highest BCUT2D eigenvalue weighted by atomic mass is 79.9. The van der Waals surface area contributed by atoms with Gasteiger partial charge in [-0.05, 0) is 36.5 Å². The van der Waals surface area contributed by atoms with E-state index in [9.17, 15) is 0 Å². The van der Waals surface area contributed by atoms with Crippen molar-refractivity contribution in [2.24, 2.45) is 0 Å². The molecule has 1 aliphatic rings. The Hall–Kier alpha value is -0.670. The third-order valence-electron chi connectivity index (χ3n) is 2.70. The van der Waals surface area contributed by atoms with Crippen LogP contribution in [0.15, 0.2) is 34.2 Å². The third-order valence-corrected chi connectivity index (χ3v) is 3.99. The van der Waals surface area contributed by atoms with Gasteiger partial charge in [0, 0.05) is 21.6 Å². The summed E-state index contributed by atoms with van der Waals surface area (Å²) >= 11 is 5.24. The fraction of sp³-hybridized carbons (Fsp3) is 0.250. The van der Waals surface area contributed by atoms with Crippen LogP contribution in [0.4, 0.5) is 0 Å². The van der Waals surface area contributed by atoms with E-state index in [1.54, 1.807) is 11.3 Å². The number of halogens is 1. The lowest BCUT2D eigenvalue weighted by atomic mass is 10.0. The maximum absolute atomic E-state index is 4.40. The molecule has 1 aliphatic carbocycles. The molecular formula is C12H10BrNS. The summed E-state index contributed by atoms with van der Waals surface area (Å²) < 4.78 is 1.14. The molecule has 1 fully saturated rings. The minimum absolute atomic E-state index is 0.775. The van der Waals surface area contributed by atoms with Gasteiger partial charge in [0.1, 0.15) is 5.01 Å². The number of aromatic nitrogens is 1. The van der Waals surface area contributed by atoms with Gasteiger partial charge in [0.15, 0.2) is 0 Å². The number of thiazole rings is 1. The molecule has 15 heavy (non-hydrogen) atoms. The van der Waals surface area contributed by atoms with Gasteiger partial charge in [-0.25, -0.2) is 4.98 Å². The maximum atomic E-state index is 4.40. The maximum Gasteiger partial charge on any atom is 0.123 e. The van der Waals surface area contributed by atoms with E-state index in [1.165, 1.54) is 24.0 Å². The predicted molar refractivity (Wildman–Crippen MR) is 67.2 cm³/mol. The number of rotatable bonds is 2. The molecule has 0 N–H and O–H groups in total. The first-order chi connectivity index (χ1) is 7.34. The molecule has 76 valence electrons. The third kappa shape index (κ3) is 1.86. The number of benzene rings is 1. The largest absolute Gasteiger partial charge is 0.245 e. The van der Waals surface area contributed by atoms with Crippen molar-refractivity contribution in [3.8, 4) is 10.6 Å². The van der Waals surface area contributed by atoms with Gasteiger partial charge in [-0.3, -0.25) is 0 Å². The van der Waals surface area contributed by atoms with Crippen molar-refractivity contribution < 1.29 is 0 Å². The molecule has 3 rings (SSSR count). The van der Waals surface area contributed by atoms with Crippen LogP contribution in [-0.4, -0.2) is 4.98 Å². The summed E-state index contributed by atoms with van der Waals surface area (Å²) in [6.45, 7) is 0. The van der Waals surface area contributed by atoms with E-state index in [4.69, 9.17) is 0 Å². The summed E-state index contributed by atoms with van der Waals surface area (Å²) in [4.78, 5) is 4.40. The molecule has 0 aliphatic heterocycles. The van der Waals surface area contributed by atoms with Crippen LogP contribution < -0.4 is 0 Å². The van der Waals surface area contributed by atoms with Crippen molar-refractivity contribution in [2.75, 3.05) is 0 Å². The molecule has 1 aromatic heterocycles. The average molecular weight is 280 g/mol. The lowest BCUT2D eigenvalue weighted by Crippen LogP contribution is -1.86. The SMILES string of the molecule is Brc1ccc(C2CC2)c(-c2nccs2)c1. The molecule has 2 aromatic rings. The molecule has 1 heterocycles. The Bertz CT molecular complexity index is 474. The zero-order valence-electron chi connectivity index (χ0n) is 8.11. The van der Waals surface area contributed by atoms with Crippen LogP contribution in [0.3, 0.4) is 0 Å². The molecule has 1 saturated carbocycles. The molecule has 0 bridgehead atoms. The van der Waals surface area contributed by atoms with E-state index < -0.39 is 0 Å². The molecule has 1 aromatic carbocycles. The number of hydrogen-bond donors (Lipinski definition) is 0. The Balaban J connectivity index is 2.14. The minimum Gasteiger partial charge on any atom is -0.245 e. The van der Waals surface area contributed by atoms with Gasteiger partial charge in [0.05, 0.1) is 0 Å². The van der Waals surface area contributed by atoms with E-state index >= 15 is 0 Å². The van der Waals surface area contributed by atoms with Crippen molar-refractivity contribution in [2.45, 2.75) is 18.8 Å². The molecule has 0 radical (unpaired) electrons. The highest BCUT2D eigenvalue weighted by Gasteiger charge is 2.26. The molecule has 0 atom stereocenters. The standard InChI is InChI=1S/C12H10BrNS/c13-9-3-4-10(8-1-2-8)11(7-9)12-14-5-6-15-12/h3-8H,1-2H2. The smallest absolute Gasteiger partial charge is 0.123 e. The number of hydrogen-bond acceptors (Lipinski definition) is 2. The number of nitrogens with zero attached hydrogens (tertiary/aromatic N) is 1. The van der Waals surface area contributed by atoms with Crippen LogP contribution in [0.5, 0.6) is 0 Å². The first-order valence-corrected chi connectivity index (χ1v) is 6.71. The van der Waals surface area contributed by atoms with Crippen molar-refractivity contribution in [3.63, 3.8) is 0 Å². The Morgan fingerprint density at radius 1 is 1.33 bits per heavy atom. The van der Waals surface area contributed by atoms with Gasteiger partial charge < -0.3 is 0 Å². The van der Waals surface area contributed by atoms with E-state index in [-0.39, 0.29) is 0 Å². The van der Waals surface area contributed by atoms with Crippen LogP contribution in [-0.2, 0) is 0 Å². The second kappa shape index (κ2) is 3.72. The van der Waals surface area contributed by atoms with Crippen molar-refractivity contribution in [1.29, 1.82) is 0 Å². The van der Waals surface area contributed by atoms with Crippen molar-refractivity contribution in [3.05, 3.63) is 39.8 Å². The van der Waals surface area contributed by atoms with Crippen LogP contribution in [0, 0.1) is 0 Å². The highest BCUT2D eigenvalue weighted by Crippen LogP contribution is 2.45. The molecule has 0 saturated heterocycles. The van der Waals surface area contributed by atoms with Crippen LogP contribution in [0.2, 0.25) is 0 Å². The first kappa shape index (κ1) is 9.55. The monoisotopic (exact) mass is 279 g/mol. The van der Waals surface area contributed by atoms with Gasteiger partial charge in [-0.1, -0.05) is 22.0 Å². The molecule has 1 nitrogen and oxygen atoms in total. The second-order valence-electron chi connectivity index (χ2n) is 3.84. The van der Waals surface area contributed by atoms with Crippen LogP contribution in [0.1, 0.15) is 24.3 Å². The summed E-state index contributed by atoms with van der Waals surface area (Å²) in [5.74, 6) is 0.775. The Morgan fingerprint density at radius 2 is 2.20 bits per heavy atom. The molecular weight excluding hydrogens is 270 g/mol. The van der Waals surface area contributed by atoms with Crippen LogP contribution >= 0.6 is 27.3 Å². The zero-order valence-corrected chi connectivity index (χ0v) is 10.5. The fourth-order valence-electron chi connectivity index (χ4n) is 1.82. The van der Waals surface area contributed by atoms with E-state index in [0.29, 0.717) is 0 Å². The Kier molecular flexibility index (Phi) is 2.37. The van der Waals surface area contributed by atoms with Crippen molar-refractivity contribution in [1.82, 2.24) is 4.98 Å². The van der Waals surface area contributed by atoms with Gasteiger partial charge in [-0.15, -0.1) is 11.3 Å². The molecule has 0 unspecified atom stereocenters. The summed E-state index contributed by atoms with van der Waals surface area (Å²) in [5.41, 5.74) is 2.77. The van der Waals surface area contributed by atoms with E-state index in [2.05, 4.69) is 39.1 Å². The van der Waals surface area contributed by atoms with Gasteiger partial charge in [-0.2, -0.15) is 0 Å². The summed E-state index contributed by atoms with van der Waals surface area (Å²) in [5, 5.41) is 3.17. The zero-order chi connectivity index (χ0) is 10.3. The van der Waals surface area contributed by atoms with Gasteiger partial charge in [0.25, 0.3) is 0 Å². The summed E-state index contributed by atoms with van der Waals surface area (Å²) in [7, 11) is 0. The second-order valence-corrected chi connectivity index (χ2v) is 5.65. The predicted octanol–water partition coefficient (Wildman–Crippen LogP) is 4.45. The normalized spacial score (nSPS) is 15.5. The van der Waals surface area contributed by atoms with E-state index in [0.717, 1.165) is 15.4 Å². The van der Waals surface area contributed by atoms with Crippen LogP contribution in [0.25, 0.3) is 10.6 Å². The lowest BCUT2D eigenvalue weighted by molar-refractivity contribution is 1.13. The molecule has 0 amide bonds. The summed E-state index contributed by atoms with van der Waals surface area (Å²) in [6.07, 6.45) is 4.54. The minimum atomic E-state index is 0.775. The van der Waals surface area contributed by atoms with Gasteiger partial charge in [0.2, 0.25) is 0 Å².